The Labute approximate surface area is 95.6 Å². The van der Waals surface area contributed by atoms with E-state index >= 15 is 0 Å². The lowest BCUT2D eigenvalue weighted by molar-refractivity contribution is -0.385. The average molecular weight is 239 g/mol. The number of hydrogen-bond acceptors (Lipinski definition) is 4. The fraction of sp³-hybridized carbons (Fsp3) is 0.111. The molecule has 0 bridgehead atoms. The van der Waals surface area contributed by atoms with E-state index in [9.17, 15) is 10.1 Å². The van der Waals surface area contributed by atoms with Crippen LogP contribution in [0.15, 0.2) is 24.5 Å². The first kappa shape index (κ1) is 10.6. The molecule has 0 aliphatic rings. The zero-order valence-electron chi connectivity index (χ0n) is 8.29. The zero-order valence-corrected chi connectivity index (χ0v) is 9.05. The number of nitrogens with zero attached hydrogens (tertiary/aromatic N) is 4. The van der Waals surface area contributed by atoms with Crippen LogP contribution >= 0.6 is 11.6 Å². The Morgan fingerprint density at radius 3 is 2.56 bits per heavy atom. The Morgan fingerprint density at radius 2 is 2.06 bits per heavy atom. The lowest BCUT2D eigenvalue weighted by atomic mass is 10.4. The van der Waals surface area contributed by atoms with Gasteiger partial charge < -0.3 is 0 Å². The lowest BCUT2D eigenvalue weighted by Crippen LogP contribution is -1.96. The summed E-state index contributed by atoms with van der Waals surface area (Å²) in [6, 6.07) is 3.34. The molecule has 7 heteroatoms. The highest BCUT2D eigenvalue weighted by atomic mass is 35.5. The van der Waals surface area contributed by atoms with Crippen LogP contribution in [-0.4, -0.2) is 19.7 Å². The van der Waals surface area contributed by atoms with Crippen molar-refractivity contribution in [3.05, 3.63) is 45.5 Å². The summed E-state index contributed by atoms with van der Waals surface area (Å²) >= 11 is 5.90. The third-order valence-electron chi connectivity index (χ3n) is 2.06. The quantitative estimate of drug-likeness (QED) is 0.593. The Hall–Kier alpha value is -1.95. The molecular weight excluding hydrogens is 232 g/mol. The number of rotatable bonds is 2. The van der Waals surface area contributed by atoms with Gasteiger partial charge in [0.2, 0.25) is 5.15 Å². The minimum absolute atomic E-state index is 0.00583. The van der Waals surface area contributed by atoms with Gasteiger partial charge in [-0.05, 0) is 19.1 Å². The molecule has 0 atom stereocenters. The molecule has 0 aliphatic heterocycles. The third kappa shape index (κ3) is 1.63. The Morgan fingerprint density at radius 1 is 1.44 bits per heavy atom. The topological polar surface area (TPSA) is 73.8 Å². The molecule has 16 heavy (non-hydrogen) atoms. The molecule has 2 aromatic rings. The molecule has 82 valence electrons. The monoisotopic (exact) mass is 238 g/mol. The minimum Gasteiger partial charge on any atom is -0.265 e. The minimum atomic E-state index is -0.539. The van der Waals surface area contributed by atoms with Gasteiger partial charge in [0, 0.05) is 12.4 Å². The van der Waals surface area contributed by atoms with E-state index in [4.69, 9.17) is 11.6 Å². The van der Waals surface area contributed by atoms with Gasteiger partial charge in [-0.3, -0.25) is 15.1 Å². The van der Waals surface area contributed by atoms with Gasteiger partial charge in [-0.15, -0.1) is 0 Å². The van der Waals surface area contributed by atoms with Crippen LogP contribution in [0, 0.1) is 17.0 Å². The van der Waals surface area contributed by atoms with Crippen molar-refractivity contribution in [1.82, 2.24) is 14.8 Å². The maximum absolute atomic E-state index is 10.7. The highest BCUT2D eigenvalue weighted by Gasteiger charge is 2.24. The van der Waals surface area contributed by atoms with E-state index in [-0.39, 0.29) is 16.5 Å². The van der Waals surface area contributed by atoms with Crippen LogP contribution in [0.3, 0.4) is 0 Å². The van der Waals surface area contributed by atoms with E-state index < -0.39 is 4.92 Å². The van der Waals surface area contributed by atoms with Crippen molar-refractivity contribution in [3.8, 4) is 5.69 Å². The van der Waals surface area contributed by atoms with E-state index in [1.807, 2.05) is 0 Å². The molecular formula is C9H7ClN4O2. The summed E-state index contributed by atoms with van der Waals surface area (Å²) in [4.78, 5) is 14.1. The lowest BCUT2D eigenvalue weighted by Gasteiger charge is -1.99. The van der Waals surface area contributed by atoms with Crippen LogP contribution in [0.25, 0.3) is 5.69 Å². The van der Waals surface area contributed by atoms with Gasteiger partial charge in [-0.2, -0.15) is 5.10 Å². The highest BCUT2D eigenvalue weighted by Crippen LogP contribution is 2.29. The molecule has 6 nitrogen and oxygen atoms in total. The van der Waals surface area contributed by atoms with Crippen molar-refractivity contribution in [1.29, 1.82) is 0 Å². The largest absolute Gasteiger partial charge is 0.329 e. The molecule has 0 saturated carbocycles. The number of halogens is 1. The molecule has 0 aliphatic carbocycles. The number of pyridine rings is 1. The van der Waals surface area contributed by atoms with Crippen molar-refractivity contribution < 1.29 is 4.92 Å². The van der Waals surface area contributed by atoms with Crippen molar-refractivity contribution in [2.24, 2.45) is 0 Å². The van der Waals surface area contributed by atoms with Gasteiger partial charge >= 0.3 is 5.69 Å². The van der Waals surface area contributed by atoms with Crippen LogP contribution in [0.1, 0.15) is 5.69 Å². The number of aromatic nitrogens is 3. The summed E-state index contributed by atoms with van der Waals surface area (Å²) in [5, 5.41) is 14.8. The number of nitro groups is 1. The Balaban J connectivity index is 2.61. The Bertz CT molecular complexity index is 538. The second kappa shape index (κ2) is 3.90. The molecule has 0 saturated heterocycles. The van der Waals surface area contributed by atoms with E-state index in [1.165, 1.54) is 4.68 Å². The predicted molar refractivity (Wildman–Crippen MR) is 57.8 cm³/mol. The van der Waals surface area contributed by atoms with Gasteiger partial charge in [-0.1, -0.05) is 11.6 Å². The summed E-state index contributed by atoms with van der Waals surface area (Å²) in [5.74, 6) is 0. The number of aryl methyl sites for hydroxylation is 1. The molecule has 0 spiro atoms. The second-order valence-electron chi connectivity index (χ2n) is 3.10. The van der Waals surface area contributed by atoms with Crippen LogP contribution < -0.4 is 0 Å². The summed E-state index contributed by atoms with van der Waals surface area (Å²) in [7, 11) is 0. The van der Waals surface area contributed by atoms with E-state index in [1.54, 1.807) is 31.5 Å². The summed E-state index contributed by atoms with van der Waals surface area (Å²) < 4.78 is 1.32. The Kier molecular flexibility index (Phi) is 2.57. The van der Waals surface area contributed by atoms with Gasteiger partial charge in [0.1, 0.15) is 5.69 Å². The molecule has 0 N–H and O–H groups in total. The number of hydrogen-bond donors (Lipinski definition) is 0. The first-order valence-corrected chi connectivity index (χ1v) is 4.79. The summed E-state index contributed by atoms with van der Waals surface area (Å²) in [6.07, 6.45) is 3.13. The van der Waals surface area contributed by atoms with Gasteiger partial charge in [0.05, 0.1) is 10.6 Å². The maximum atomic E-state index is 10.7. The van der Waals surface area contributed by atoms with E-state index in [0.29, 0.717) is 5.69 Å². The van der Waals surface area contributed by atoms with Crippen LogP contribution in [0.4, 0.5) is 5.69 Å². The van der Waals surface area contributed by atoms with Crippen LogP contribution in [0.5, 0.6) is 0 Å². The molecule has 0 aromatic carbocycles. The van der Waals surface area contributed by atoms with E-state index in [2.05, 4.69) is 10.1 Å². The standard InChI is InChI=1S/C9H7ClN4O2/c1-6-8(14(15)16)9(10)13(12-6)7-2-4-11-5-3-7/h2-5H,1H3. The fourth-order valence-electron chi connectivity index (χ4n) is 1.35. The van der Waals surface area contributed by atoms with Crippen molar-refractivity contribution in [3.63, 3.8) is 0 Å². The summed E-state index contributed by atoms with van der Waals surface area (Å²) in [6.45, 7) is 1.54. The normalized spacial score (nSPS) is 10.4. The SMILES string of the molecule is Cc1nn(-c2ccncc2)c(Cl)c1[N+](=O)[O-]. The molecule has 2 aromatic heterocycles. The van der Waals surface area contributed by atoms with E-state index in [0.717, 1.165) is 0 Å². The fourth-order valence-corrected chi connectivity index (χ4v) is 1.70. The molecule has 0 fully saturated rings. The third-order valence-corrected chi connectivity index (χ3v) is 2.40. The van der Waals surface area contributed by atoms with Gasteiger partial charge in [-0.25, -0.2) is 4.68 Å². The molecule has 0 unspecified atom stereocenters. The summed E-state index contributed by atoms with van der Waals surface area (Å²) in [5.41, 5.74) is 0.751. The van der Waals surface area contributed by atoms with Crippen molar-refractivity contribution >= 4 is 17.3 Å². The van der Waals surface area contributed by atoms with Gasteiger partial charge in [0.25, 0.3) is 0 Å². The second-order valence-corrected chi connectivity index (χ2v) is 3.46. The molecule has 2 rings (SSSR count). The van der Waals surface area contributed by atoms with Crippen LogP contribution in [-0.2, 0) is 0 Å². The van der Waals surface area contributed by atoms with Gasteiger partial charge in [0.15, 0.2) is 0 Å². The average Bonchev–Trinajstić information content (AvgIpc) is 2.55. The molecule has 0 radical (unpaired) electrons. The first-order valence-electron chi connectivity index (χ1n) is 4.41. The predicted octanol–water partition coefficient (Wildman–Crippen LogP) is 2.14. The zero-order chi connectivity index (χ0) is 11.7. The van der Waals surface area contributed by atoms with Crippen molar-refractivity contribution in [2.75, 3.05) is 0 Å². The highest BCUT2D eigenvalue weighted by molar-refractivity contribution is 6.32. The molecule has 0 amide bonds. The maximum Gasteiger partial charge on any atom is 0.329 e. The van der Waals surface area contributed by atoms with Crippen molar-refractivity contribution in [2.45, 2.75) is 6.92 Å². The van der Waals surface area contributed by atoms with Crippen LogP contribution in [0.2, 0.25) is 5.15 Å². The molecule has 2 heterocycles. The first-order chi connectivity index (χ1) is 7.61. The smallest absolute Gasteiger partial charge is 0.265 e.